The van der Waals surface area contributed by atoms with Crippen molar-refractivity contribution in [2.24, 2.45) is 46.3 Å². The number of esters is 1. The van der Waals surface area contributed by atoms with Crippen LogP contribution >= 0.6 is 23.2 Å². The molecule has 0 aliphatic heterocycles. The highest BCUT2D eigenvalue weighted by molar-refractivity contribution is 6.36. The molecule has 38 heavy (non-hydrogen) atoms. The van der Waals surface area contributed by atoms with Crippen LogP contribution in [-0.2, 0) is 4.74 Å². The molecule has 4 heteroatoms. The molecular weight excluding hydrogens is 511 g/mol. The smallest absolute Gasteiger partial charge is 0.339 e. The van der Waals surface area contributed by atoms with Crippen molar-refractivity contribution < 1.29 is 9.53 Å². The molecule has 0 heterocycles. The van der Waals surface area contributed by atoms with Crippen LogP contribution in [0, 0.1) is 46.3 Å². The molecule has 210 valence electrons. The van der Waals surface area contributed by atoms with E-state index in [4.69, 9.17) is 27.9 Å². The number of halogens is 2. The van der Waals surface area contributed by atoms with Gasteiger partial charge in [0, 0.05) is 11.4 Å². The predicted octanol–water partition coefficient (Wildman–Crippen LogP) is 10.6. The molecule has 5 rings (SSSR count). The van der Waals surface area contributed by atoms with Crippen molar-refractivity contribution in [1.29, 1.82) is 0 Å². The Morgan fingerprint density at radius 3 is 2.55 bits per heavy atom. The number of ether oxygens (including phenoxy) is 1. The van der Waals surface area contributed by atoms with Gasteiger partial charge in [0.05, 0.1) is 10.6 Å². The van der Waals surface area contributed by atoms with Crippen LogP contribution in [0.15, 0.2) is 29.8 Å². The van der Waals surface area contributed by atoms with Crippen molar-refractivity contribution in [3.05, 3.63) is 45.5 Å². The highest BCUT2D eigenvalue weighted by atomic mass is 35.5. The van der Waals surface area contributed by atoms with Crippen molar-refractivity contribution >= 4 is 29.2 Å². The maximum atomic E-state index is 12.9. The van der Waals surface area contributed by atoms with E-state index < -0.39 is 0 Å². The Kier molecular flexibility index (Phi) is 8.35. The van der Waals surface area contributed by atoms with E-state index in [9.17, 15) is 4.79 Å². The Balaban J connectivity index is 1.25. The van der Waals surface area contributed by atoms with Crippen molar-refractivity contribution in [2.45, 2.75) is 111 Å². The molecule has 4 aliphatic carbocycles. The summed E-state index contributed by atoms with van der Waals surface area (Å²) in [6.45, 7) is 12.5. The molecule has 0 amide bonds. The fraction of sp³-hybridized carbons (Fsp3) is 0.735. The molecule has 0 spiro atoms. The second-order valence-corrected chi connectivity index (χ2v) is 15.0. The lowest BCUT2D eigenvalue weighted by Gasteiger charge is -2.58. The van der Waals surface area contributed by atoms with Gasteiger partial charge in [-0.3, -0.25) is 0 Å². The average molecular weight is 560 g/mol. The summed E-state index contributed by atoms with van der Waals surface area (Å²) in [6, 6.07) is 4.98. The number of rotatable bonds is 7. The summed E-state index contributed by atoms with van der Waals surface area (Å²) in [7, 11) is 0. The summed E-state index contributed by atoms with van der Waals surface area (Å²) in [5.74, 6) is 4.71. The Labute approximate surface area is 241 Å². The largest absolute Gasteiger partial charge is 0.458 e. The van der Waals surface area contributed by atoms with Gasteiger partial charge in [-0.25, -0.2) is 4.79 Å². The lowest BCUT2D eigenvalue weighted by Crippen LogP contribution is -2.51. The molecule has 3 fully saturated rings. The van der Waals surface area contributed by atoms with Crippen LogP contribution in [0.5, 0.6) is 0 Å². The van der Waals surface area contributed by atoms with Crippen LogP contribution in [0.25, 0.3) is 0 Å². The molecule has 1 aromatic carbocycles. The van der Waals surface area contributed by atoms with Gasteiger partial charge in [-0.1, -0.05) is 88.7 Å². The molecule has 0 radical (unpaired) electrons. The number of carbonyl (C=O) groups is 1. The summed E-state index contributed by atoms with van der Waals surface area (Å²) < 4.78 is 5.99. The van der Waals surface area contributed by atoms with Crippen LogP contribution in [0.4, 0.5) is 0 Å². The molecule has 0 N–H and O–H groups in total. The van der Waals surface area contributed by atoms with Crippen molar-refractivity contribution in [1.82, 2.24) is 0 Å². The predicted molar refractivity (Wildman–Crippen MR) is 159 cm³/mol. The minimum Gasteiger partial charge on any atom is -0.458 e. The molecule has 3 saturated carbocycles. The van der Waals surface area contributed by atoms with E-state index in [-0.39, 0.29) is 17.5 Å². The van der Waals surface area contributed by atoms with E-state index >= 15 is 0 Å². The van der Waals surface area contributed by atoms with E-state index in [1.165, 1.54) is 51.4 Å². The monoisotopic (exact) mass is 558 g/mol. The third kappa shape index (κ3) is 5.23. The molecule has 8 atom stereocenters. The normalized spacial score (nSPS) is 37.2. The number of hydrogen-bond donors (Lipinski definition) is 0. The summed E-state index contributed by atoms with van der Waals surface area (Å²) in [6.07, 6.45) is 16.4. The van der Waals surface area contributed by atoms with Gasteiger partial charge >= 0.3 is 5.97 Å². The number of fused-ring (bicyclic) bond motifs is 5. The maximum Gasteiger partial charge on any atom is 0.339 e. The first-order valence-electron chi connectivity index (χ1n) is 15.4. The van der Waals surface area contributed by atoms with Gasteiger partial charge in [0.25, 0.3) is 0 Å². The number of hydrogen-bond acceptors (Lipinski definition) is 2. The van der Waals surface area contributed by atoms with Crippen molar-refractivity contribution in [2.75, 3.05) is 0 Å². The molecule has 0 aromatic heterocycles. The zero-order chi connectivity index (χ0) is 27.2. The Morgan fingerprint density at radius 2 is 1.82 bits per heavy atom. The van der Waals surface area contributed by atoms with Crippen LogP contribution in [0.1, 0.15) is 116 Å². The SMILES string of the molecule is CC(C)CCC[C@H](C)[C@H]1CC[C@@H]2[C@H]3CC=C4C[C@@H](OC(=O)c5ccc(Cl)cc5Cl)CC[C@]4(C)[C@@H]3CC[C@@]21C. The Hall–Kier alpha value is -0.990. The Bertz CT molecular complexity index is 1060. The van der Waals surface area contributed by atoms with Gasteiger partial charge in [0.2, 0.25) is 0 Å². The quantitative estimate of drug-likeness (QED) is 0.245. The molecule has 0 bridgehead atoms. The van der Waals surface area contributed by atoms with Crippen LogP contribution in [0.3, 0.4) is 0 Å². The summed E-state index contributed by atoms with van der Waals surface area (Å²) in [5, 5.41) is 0.886. The van der Waals surface area contributed by atoms with E-state index in [0.717, 1.165) is 54.8 Å². The number of allylic oxidation sites excluding steroid dienone is 1. The van der Waals surface area contributed by atoms with Gasteiger partial charge in [0.1, 0.15) is 6.10 Å². The fourth-order valence-corrected chi connectivity index (χ4v) is 10.1. The molecule has 1 aromatic rings. The zero-order valence-corrected chi connectivity index (χ0v) is 25.7. The average Bonchev–Trinajstić information content (AvgIpc) is 3.21. The first-order valence-corrected chi connectivity index (χ1v) is 16.1. The number of benzene rings is 1. The maximum absolute atomic E-state index is 12.9. The minimum atomic E-state index is -0.331. The van der Waals surface area contributed by atoms with E-state index in [1.54, 1.807) is 23.8 Å². The third-order valence-electron chi connectivity index (χ3n) is 11.7. The molecule has 4 aliphatic rings. The zero-order valence-electron chi connectivity index (χ0n) is 24.2. The van der Waals surface area contributed by atoms with Crippen molar-refractivity contribution in [3.8, 4) is 0 Å². The van der Waals surface area contributed by atoms with Crippen LogP contribution < -0.4 is 0 Å². The second-order valence-electron chi connectivity index (χ2n) is 14.2. The fourth-order valence-electron chi connectivity index (χ4n) is 9.62. The molecule has 0 saturated heterocycles. The summed E-state index contributed by atoms with van der Waals surface area (Å²) in [4.78, 5) is 12.9. The third-order valence-corrected chi connectivity index (χ3v) is 12.2. The molecule has 0 unspecified atom stereocenters. The van der Waals surface area contributed by atoms with Gasteiger partial charge in [-0.05, 0) is 109 Å². The minimum absolute atomic E-state index is 0.0680. The first-order chi connectivity index (χ1) is 18.0. The van der Waals surface area contributed by atoms with E-state index in [2.05, 4.69) is 40.7 Å². The lowest BCUT2D eigenvalue weighted by molar-refractivity contribution is -0.0594. The van der Waals surface area contributed by atoms with Gasteiger partial charge in [-0.2, -0.15) is 0 Å². The van der Waals surface area contributed by atoms with E-state index in [0.29, 0.717) is 21.0 Å². The van der Waals surface area contributed by atoms with Gasteiger partial charge < -0.3 is 4.74 Å². The van der Waals surface area contributed by atoms with Crippen LogP contribution in [0.2, 0.25) is 10.0 Å². The highest BCUT2D eigenvalue weighted by Gasteiger charge is 2.59. The molecular formula is C34H48Cl2O2. The van der Waals surface area contributed by atoms with E-state index in [1.807, 2.05) is 0 Å². The first kappa shape index (κ1) is 28.5. The number of carbonyl (C=O) groups excluding carboxylic acids is 1. The lowest BCUT2D eigenvalue weighted by atomic mass is 9.47. The summed E-state index contributed by atoms with van der Waals surface area (Å²) in [5.41, 5.74) is 2.73. The van der Waals surface area contributed by atoms with Gasteiger partial charge in [-0.15, -0.1) is 0 Å². The standard InChI is InChI=1S/C34H48Cl2O2/c1-21(2)7-6-8-22(3)28-13-14-29-26-11-9-23-19-25(38-32(37)27-12-10-24(35)20-31(27)36)15-17-33(23,4)30(26)16-18-34(28,29)5/h9-10,12,20-22,25-26,28-30H,6-8,11,13-19H2,1-5H3/t22-,25-,26+,28+,29+,30+,33-,34+/m0/s1. The summed E-state index contributed by atoms with van der Waals surface area (Å²) >= 11 is 12.3. The van der Waals surface area contributed by atoms with Crippen LogP contribution in [-0.4, -0.2) is 12.1 Å². The highest BCUT2D eigenvalue weighted by Crippen LogP contribution is 2.67. The second kappa shape index (κ2) is 11.1. The van der Waals surface area contributed by atoms with Gasteiger partial charge in [0.15, 0.2) is 0 Å². The van der Waals surface area contributed by atoms with Crippen molar-refractivity contribution in [3.63, 3.8) is 0 Å². The molecule has 2 nitrogen and oxygen atoms in total. The Morgan fingerprint density at radius 1 is 1.03 bits per heavy atom. The topological polar surface area (TPSA) is 26.3 Å².